The van der Waals surface area contributed by atoms with Gasteiger partial charge in [0, 0.05) is 9.90 Å². The molecule has 5 heteroatoms. The molecule has 0 aliphatic heterocycles. The van der Waals surface area contributed by atoms with Crippen LogP contribution in [0, 0.1) is 0 Å². The van der Waals surface area contributed by atoms with Crippen molar-refractivity contribution in [2.75, 3.05) is 0 Å². The molecule has 106 valence electrons. The maximum Gasteiger partial charge on any atom is 0.225 e. The van der Waals surface area contributed by atoms with E-state index in [0.717, 1.165) is 33.6 Å². The van der Waals surface area contributed by atoms with Crippen LogP contribution in [-0.2, 0) is 19.4 Å². The van der Waals surface area contributed by atoms with Gasteiger partial charge in [-0.15, -0.1) is 11.3 Å². The molecule has 1 aliphatic rings. The minimum atomic E-state index is 0.494. The molecule has 0 unspecified atom stereocenters. The van der Waals surface area contributed by atoms with Crippen LogP contribution in [0.25, 0.3) is 10.2 Å². The molecule has 0 fully saturated rings. The third kappa shape index (κ3) is 2.39. The number of nitrogens with zero attached hydrogens (tertiary/aromatic N) is 2. The summed E-state index contributed by atoms with van der Waals surface area (Å²) in [5.74, 6) is 0.703. The summed E-state index contributed by atoms with van der Waals surface area (Å²) in [4.78, 5) is 11.2. The number of fused-ring (bicyclic) bond motifs is 3. The summed E-state index contributed by atoms with van der Waals surface area (Å²) in [5.41, 5.74) is 2.47. The summed E-state index contributed by atoms with van der Waals surface area (Å²) in [6.07, 6.45) is 5.08. The molecule has 0 saturated heterocycles. The van der Waals surface area contributed by atoms with Crippen molar-refractivity contribution < 1.29 is 4.74 Å². The Labute approximate surface area is 131 Å². The van der Waals surface area contributed by atoms with E-state index in [1.54, 1.807) is 17.7 Å². The zero-order valence-electron chi connectivity index (χ0n) is 11.3. The van der Waals surface area contributed by atoms with Gasteiger partial charge in [0.2, 0.25) is 5.88 Å². The molecule has 0 N–H and O–H groups in total. The predicted molar refractivity (Wildman–Crippen MR) is 85.2 cm³/mol. The number of halogens is 1. The first kappa shape index (κ1) is 13.0. The van der Waals surface area contributed by atoms with Crippen molar-refractivity contribution in [3.63, 3.8) is 0 Å². The van der Waals surface area contributed by atoms with Crippen LogP contribution in [-0.4, -0.2) is 9.97 Å². The summed E-state index contributed by atoms with van der Waals surface area (Å²) >= 11 is 7.67. The summed E-state index contributed by atoms with van der Waals surface area (Å²) in [6.45, 7) is 0.494. The quantitative estimate of drug-likeness (QED) is 0.718. The molecule has 3 nitrogen and oxygen atoms in total. The molecule has 21 heavy (non-hydrogen) atoms. The van der Waals surface area contributed by atoms with Gasteiger partial charge in [0.05, 0.1) is 5.39 Å². The molecule has 1 aliphatic carbocycles. The summed E-state index contributed by atoms with van der Waals surface area (Å²) < 4.78 is 5.94. The van der Waals surface area contributed by atoms with E-state index < -0.39 is 0 Å². The molecule has 1 aromatic carbocycles. The number of hydrogen-bond donors (Lipinski definition) is 0. The molecule has 0 radical (unpaired) electrons. The SMILES string of the molecule is Clc1ccc(COc2ncnc3sc4c(c23)CCC4)cc1. The fraction of sp³-hybridized carbons (Fsp3) is 0.250. The van der Waals surface area contributed by atoms with Gasteiger partial charge >= 0.3 is 0 Å². The van der Waals surface area contributed by atoms with Crippen LogP contribution in [0.2, 0.25) is 5.02 Å². The second-order valence-corrected chi connectivity index (χ2v) is 6.65. The number of aromatic nitrogens is 2. The number of benzene rings is 1. The first-order valence-electron chi connectivity index (χ1n) is 6.94. The van der Waals surface area contributed by atoms with Crippen LogP contribution < -0.4 is 4.74 Å². The lowest BCUT2D eigenvalue weighted by Crippen LogP contribution is -1.98. The van der Waals surface area contributed by atoms with E-state index in [1.165, 1.54) is 16.9 Å². The van der Waals surface area contributed by atoms with E-state index in [9.17, 15) is 0 Å². The number of ether oxygens (including phenoxy) is 1. The van der Waals surface area contributed by atoms with Crippen LogP contribution in [0.3, 0.4) is 0 Å². The Bertz CT molecular complexity index is 798. The molecule has 0 bridgehead atoms. The Balaban J connectivity index is 1.65. The maximum atomic E-state index is 5.94. The van der Waals surface area contributed by atoms with E-state index in [1.807, 2.05) is 24.3 Å². The molecule has 2 heterocycles. The van der Waals surface area contributed by atoms with Crippen molar-refractivity contribution in [1.29, 1.82) is 0 Å². The van der Waals surface area contributed by atoms with E-state index in [4.69, 9.17) is 16.3 Å². The standard InChI is InChI=1S/C16H13ClN2OS/c17-11-6-4-10(5-7-11)8-20-15-14-12-2-1-3-13(12)21-16(14)19-9-18-15/h4-7,9H,1-3,8H2. The largest absolute Gasteiger partial charge is 0.472 e. The monoisotopic (exact) mass is 316 g/mol. The Morgan fingerprint density at radius 2 is 2.00 bits per heavy atom. The molecule has 4 rings (SSSR count). The molecule has 0 amide bonds. The number of rotatable bonds is 3. The Morgan fingerprint density at radius 3 is 2.86 bits per heavy atom. The van der Waals surface area contributed by atoms with Crippen LogP contribution >= 0.6 is 22.9 Å². The van der Waals surface area contributed by atoms with E-state index >= 15 is 0 Å². The van der Waals surface area contributed by atoms with Gasteiger partial charge in [-0.1, -0.05) is 23.7 Å². The second kappa shape index (κ2) is 5.28. The average molecular weight is 317 g/mol. The molecular formula is C16H13ClN2OS. The van der Waals surface area contributed by atoms with Crippen molar-refractivity contribution in [2.45, 2.75) is 25.9 Å². The fourth-order valence-electron chi connectivity index (χ4n) is 2.74. The molecular weight excluding hydrogens is 304 g/mol. The van der Waals surface area contributed by atoms with E-state index in [-0.39, 0.29) is 0 Å². The number of thiophene rings is 1. The zero-order chi connectivity index (χ0) is 14.2. The van der Waals surface area contributed by atoms with E-state index in [2.05, 4.69) is 9.97 Å². The molecule has 0 atom stereocenters. The van der Waals surface area contributed by atoms with Gasteiger partial charge in [-0.05, 0) is 42.5 Å². The van der Waals surface area contributed by atoms with Crippen LogP contribution in [0.15, 0.2) is 30.6 Å². The van der Waals surface area contributed by atoms with Crippen molar-refractivity contribution in [3.8, 4) is 5.88 Å². The van der Waals surface area contributed by atoms with Gasteiger partial charge < -0.3 is 4.74 Å². The molecule has 3 aromatic rings. The first-order chi connectivity index (χ1) is 10.3. The molecule has 0 spiro atoms. The van der Waals surface area contributed by atoms with Crippen molar-refractivity contribution >= 4 is 33.2 Å². The van der Waals surface area contributed by atoms with Gasteiger partial charge in [-0.3, -0.25) is 0 Å². The van der Waals surface area contributed by atoms with Crippen LogP contribution in [0.5, 0.6) is 5.88 Å². The van der Waals surface area contributed by atoms with Crippen molar-refractivity contribution in [1.82, 2.24) is 9.97 Å². The van der Waals surface area contributed by atoms with Gasteiger partial charge in [-0.2, -0.15) is 0 Å². The minimum absolute atomic E-state index is 0.494. The highest BCUT2D eigenvalue weighted by Gasteiger charge is 2.21. The Kier molecular flexibility index (Phi) is 3.28. The summed E-state index contributed by atoms with van der Waals surface area (Å²) in [6, 6.07) is 7.69. The summed E-state index contributed by atoms with van der Waals surface area (Å²) in [7, 11) is 0. The third-order valence-corrected chi connectivity index (χ3v) is 5.21. The maximum absolute atomic E-state index is 5.94. The second-order valence-electron chi connectivity index (χ2n) is 5.13. The lowest BCUT2D eigenvalue weighted by molar-refractivity contribution is 0.297. The lowest BCUT2D eigenvalue weighted by Gasteiger charge is -2.07. The molecule has 0 saturated carbocycles. The highest BCUT2D eigenvalue weighted by Crippen LogP contribution is 2.39. The Morgan fingerprint density at radius 1 is 1.14 bits per heavy atom. The van der Waals surface area contributed by atoms with Gasteiger partial charge in [0.25, 0.3) is 0 Å². The normalized spacial score (nSPS) is 13.6. The van der Waals surface area contributed by atoms with Crippen molar-refractivity contribution in [3.05, 3.63) is 51.6 Å². The fourth-order valence-corrected chi connectivity index (χ4v) is 4.09. The first-order valence-corrected chi connectivity index (χ1v) is 8.13. The highest BCUT2D eigenvalue weighted by atomic mass is 35.5. The van der Waals surface area contributed by atoms with Gasteiger partial charge in [0.1, 0.15) is 17.8 Å². The minimum Gasteiger partial charge on any atom is -0.472 e. The third-order valence-electron chi connectivity index (χ3n) is 3.76. The topological polar surface area (TPSA) is 35.0 Å². The summed E-state index contributed by atoms with van der Waals surface area (Å²) in [5, 5.41) is 1.85. The zero-order valence-corrected chi connectivity index (χ0v) is 12.9. The van der Waals surface area contributed by atoms with Gasteiger partial charge in [-0.25, -0.2) is 9.97 Å². The Hall–Kier alpha value is -1.65. The van der Waals surface area contributed by atoms with Crippen LogP contribution in [0.4, 0.5) is 0 Å². The van der Waals surface area contributed by atoms with Crippen molar-refractivity contribution in [2.24, 2.45) is 0 Å². The predicted octanol–water partition coefficient (Wildman–Crippen LogP) is 4.41. The highest BCUT2D eigenvalue weighted by molar-refractivity contribution is 7.18. The molecule has 2 aromatic heterocycles. The van der Waals surface area contributed by atoms with E-state index in [0.29, 0.717) is 12.5 Å². The lowest BCUT2D eigenvalue weighted by atomic mass is 10.2. The number of aryl methyl sites for hydroxylation is 2. The van der Waals surface area contributed by atoms with Crippen LogP contribution in [0.1, 0.15) is 22.4 Å². The smallest absolute Gasteiger partial charge is 0.225 e. The average Bonchev–Trinajstić information content (AvgIpc) is 3.07. The number of hydrogen-bond acceptors (Lipinski definition) is 4. The van der Waals surface area contributed by atoms with Gasteiger partial charge in [0.15, 0.2) is 0 Å².